The number of ether oxygens (including phenoxy) is 1. The number of nitrogens with one attached hydrogen (secondary N) is 1. The number of nitrogens with zero attached hydrogens (tertiary/aromatic N) is 1. The molecule has 3 atom stereocenters. The van der Waals surface area contributed by atoms with Gasteiger partial charge in [0.1, 0.15) is 5.60 Å². The SMILES string of the molecule is CCCC1CCCCN1C(CN)C(C)NC(=O)OC(C)(C)C. The Morgan fingerprint density at radius 1 is 1.41 bits per heavy atom. The molecule has 1 aliphatic rings. The summed E-state index contributed by atoms with van der Waals surface area (Å²) in [5, 5.41) is 2.96. The van der Waals surface area contributed by atoms with Crippen LogP contribution in [0.3, 0.4) is 0 Å². The Bertz CT molecular complexity index is 339. The van der Waals surface area contributed by atoms with Crippen LogP contribution in [0.2, 0.25) is 0 Å². The van der Waals surface area contributed by atoms with Gasteiger partial charge in [0.25, 0.3) is 0 Å². The van der Waals surface area contributed by atoms with Gasteiger partial charge in [-0.15, -0.1) is 0 Å². The van der Waals surface area contributed by atoms with Gasteiger partial charge in [-0.3, -0.25) is 4.90 Å². The molecule has 5 heteroatoms. The van der Waals surface area contributed by atoms with E-state index in [-0.39, 0.29) is 18.2 Å². The van der Waals surface area contributed by atoms with E-state index in [0.717, 1.165) is 6.54 Å². The average molecular weight is 313 g/mol. The van der Waals surface area contributed by atoms with Crippen LogP contribution in [0.15, 0.2) is 0 Å². The second-order valence-corrected chi connectivity index (χ2v) is 7.41. The highest BCUT2D eigenvalue weighted by molar-refractivity contribution is 5.68. The third-order valence-corrected chi connectivity index (χ3v) is 4.28. The number of hydrogen-bond donors (Lipinski definition) is 2. The van der Waals surface area contributed by atoms with Gasteiger partial charge in [0, 0.05) is 24.7 Å². The van der Waals surface area contributed by atoms with E-state index in [1.807, 2.05) is 27.7 Å². The van der Waals surface area contributed by atoms with Crippen molar-refractivity contribution in [3.05, 3.63) is 0 Å². The summed E-state index contributed by atoms with van der Waals surface area (Å²) >= 11 is 0. The predicted octanol–water partition coefficient (Wildman–Crippen LogP) is 2.88. The van der Waals surface area contributed by atoms with Crippen molar-refractivity contribution in [1.82, 2.24) is 10.2 Å². The Morgan fingerprint density at radius 3 is 2.64 bits per heavy atom. The van der Waals surface area contributed by atoms with Crippen molar-refractivity contribution in [2.45, 2.75) is 90.4 Å². The number of likely N-dealkylation sites (tertiary alicyclic amines) is 1. The maximum atomic E-state index is 12.0. The van der Waals surface area contributed by atoms with Gasteiger partial charge in [0.2, 0.25) is 0 Å². The Morgan fingerprint density at radius 2 is 2.09 bits per heavy atom. The van der Waals surface area contributed by atoms with Crippen molar-refractivity contribution in [1.29, 1.82) is 0 Å². The normalized spacial score (nSPS) is 22.9. The zero-order valence-electron chi connectivity index (χ0n) is 15.0. The van der Waals surface area contributed by atoms with Crippen LogP contribution in [-0.4, -0.2) is 47.8 Å². The Hall–Kier alpha value is -0.810. The van der Waals surface area contributed by atoms with Crippen LogP contribution < -0.4 is 11.1 Å². The van der Waals surface area contributed by atoms with Crippen LogP contribution in [0.25, 0.3) is 0 Å². The minimum atomic E-state index is -0.474. The molecule has 5 nitrogen and oxygen atoms in total. The van der Waals surface area contributed by atoms with E-state index < -0.39 is 5.60 Å². The largest absolute Gasteiger partial charge is 0.444 e. The molecule has 22 heavy (non-hydrogen) atoms. The number of nitrogens with two attached hydrogens (primary N) is 1. The van der Waals surface area contributed by atoms with E-state index in [0.29, 0.717) is 12.6 Å². The van der Waals surface area contributed by atoms with Gasteiger partial charge < -0.3 is 15.8 Å². The lowest BCUT2D eigenvalue weighted by molar-refractivity contribution is 0.0397. The molecule has 1 aliphatic heterocycles. The van der Waals surface area contributed by atoms with Gasteiger partial charge in [-0.1, -0.05) is 19.8 Å². The first-order valence-corrected chi connectivity index (χ1v) is 8.73. The number of rotatable bonds is 6. The van der Waals surface area contributed by atoms with Crippen LogP contribution in [0, 0.1) is 0 Å². The van der Waals surface area contributed by atoms with Crippen molar-refractivity contribution in [2.75, 3.05) is 13.1 Å². The van der Waals surface area contributed by atoms with Gasteiger partial charge in [-0.25, -0.2) is 4.79 Å². The summed E-state index contributed by atoms with van der Waals surface area (Å²) in [6.07, 6.45) is 5.79. The Kier molecular flexibility index (Phi) is 7.63. The molecule has 0 aromatic rings. The third kappa shape index (κ3) is 6.13. The predicted molar refractivity (Wildman–Crippen MR) is 90.9 cm³/mol. The van der Waals surface area contributed by atoms with Crippen molar-refractivity contribution < 1.29 is 9.53 Å². The third-order valence-electron chi connectivity index (χ3n) is 4.28. The molecule has 1 fully saturated rings. The van der Waals surface area contributed by atoms with E-state index in [9.17, 15) is 4.79 Å². The van der Waals surface area contributed by atoms with Gasteiger partial charge in [0.05, 0.1) is 0 Å². The van der Waals surface area contributed by atoms with Gasteiger partial charge >= 0.3 is 6.09 Å². The Labute approximate surface area is 135 Å². The average Bonchev–Trinajstić information content (AvgIpc) is 2.39. The van der Waals surface area contributed by atoms with E-state index in [1.54, 1.807) is 0 Å². The molecule has 0 aliphatic carbocycles. The summed E-state index contributed by atoms with van der Waals surface area (Å²) in [5.74, 6) is 0. The number of hydrogen-bond acceptors (Lipinski definition) is 4. The summed E-state index contributed by atoms with van der Waals surface area (Å²) in [5.41, 5.74) is 5.56. The molecular weight excluding hydrogens is 278 g/mol. The zero-order valence-corrected chi connectivity index (χ0v) is 15.0. The number of carbonyl (C=O) groups is 1. The minimum absolute atomic E-state index is 0.0164. The number of alkyl carbamates (subject to hydrolysis) is 1. The highest BCUT2D eigenvalue weighted by Gasteiger charge is 2.32. The fourth-order valence-corrected chi connectivity index (χ4v) is 3.32. The lowest BCUT2D eigenvalue weighted by Crippen LogP contribution is -2.58. The second kappa shape index (κ2) is 8.73. The molecule has 1 amide bonds. The Balaban J connectivity index is 2.65. The lowest BCUT2D eigenvalue weighted by atomic mass is 9.94. The fraction of sp³-hybridized carbons (Fsp3) is 0.941. The lowest BCUT2D eigenvalue weighted by Gasteiger charge is -2.43. The monoisotopic (exact) mass is 313 g/mol. The summed E-state index contributed by atoms with van der Waals surface area (Å²) in [4.78, 5) is 14.5. The zero-order chi connectivity index (χ0) is 16.8. The molecule has 1 saturated heterocycles. The number of piperidine rings is 1. The maximum Gasteiger partial charge on any atom is 0.407 e. The van der Waals surface area contributed by atoms with Crippen molar-refractivity contribution in [3.63, 3.8) is 0 Å². The van der Waals surface area contributed by atoms with Crippen LogP contribution in [0.5, 0.6) is 0 Å². The molecule has 0 bridgehead atoms. The molecular formula is C17H35N3O2. The molecule has 0 aromatic heterocycles. The van der Waals surface area contributed by atoms with Gasteiger partial charge in [-0.05, 0) is 53.5 Å². The van der Waals surface area contributed by atoms with E-state index in [2.05, 4.69) is 17.1 Å². The van der Waals surface area contributed by atoms with Crippen molar-refractivity contribution in [3.8, 4) is 0 Å². The van der Waals surface area contributed by atoms with Gasteiger partial charge in [-0.2, -0.15) is 0 Å². The van der Waals surface area contributed by atoms with Crippen LogP contribution in [0.1, 0.15) is 66.7 Å². The van der Waals surface area contributed by atoms with E-state index >= 15 is 0 Å². The molecule has 0 aromatic carbocycles. The maximum absolute atomic E-state index is 12.0. The topological polar surface area (TPSA) is 67.6 Å². The molecule has 0 radical (unpaired) electrons. The first-order valence-electron chi connectivity index (χ1n) is 8.73. The number of amides is 1. The van der Waals surface area contributed by atoms with Crippen molar-refractivity contribution >= 4 is 6.09 Å². The van der Waals surface area contributed by atoms with E-state index in [4.69, 9.17) is 10.5 Å². The van der Waals surface area contributed by atoms with Crippen LogP contribution >= 0.6 is 0 Å². The fourth-order valence-electron chi connectivity index (χ4n) is 3.32. The summed E-state index contributed by atoms with van der Waals surface area (Å²) in [6, 6.07) is 0.747. The first-order chi connectivity index (χ1) is 10.3. The van der Waals surface area contributed by atoms with Crippen LogP contribution in [-0.2, 0) is 4.74 Å². The smallest absolute Gasteiger partial charge is 0.407 e. The standard InChI is InChI=1S/C17H35N3O2/c1-6-9-14-10-7-8-11-20(14)15(12-18)13(2)19-16(21)22-17(3,4)5/h13-15H,6-12,18H2,1-5H3,(H,19,21). The second-order valence-electron chi connectivity index (χ2n) is 7.41. The summed E-state index contributed by atoms with van der Waals surface area (Å²) < 4.78 is 5.36. The highest BCUT2D eigenvalue weighted by Crippen LogP contribution is 2.24. The van der Waals surface area contributed by atoms with Crippen LogP contribution in [0.4, 0.5) is 4.79 Å². The molecule has 1 rings (SSSR count). The molecule has 3 N–H and O–H groups in total. The molecule has 0 saturated carbocycles. The quantitative estimate of drug-likeness (QED) is 0.791. The highest BCUT2D eigenvalue weighted by atomic mass is 16.6. The molecule has 130 valence electrons. The summed E-state index contributed by atoms with van der Waals surface area (Å²) in [7, 11) is 0. The molecule has 3 unspecified atom stereocenters. The molecule has 0 spiro atoms. The van der Waals surface area contributed by atoms with E-state index in [1.165, 1.54) is 32.1 Å². The number of carbonyl (C=O) groups excluding carboxylic acids is 1. The molecule has 1 heterocycles. The van der Waals surface area contributed by atoms with Gasteiger partial charge in [0.15, 0.2) is 0 Å². The van der Waals surface area contributed by atoms with Crippen molar-refractivity contribution in [2.24, 2.45) is 5.73 Å². The first kappa shape index (κ1) is 19.2. The summed E-state index contributed by atoms with van der Waals surface area (Å²) in [6.45, 7) is 11.5. The minimum Gasteiger partial charge on any atom is -0.444 e.